The molecule has 0 radical (unpaired) electrons. The van der Waals surface area contributed by atoms with Crippen LogP contribution in [0.5, 0.6) is 11.5 Å². The van der Waals surface area contributed by atoms with Crippen molar-refractivity contribution < 1.29 is 19.1 Å². The van der Waals surface area contributed by atoms with Gasteiger partial charge in [0.1, 0.15) is 0 Å². The van der Waals surface area contributed by atoms with Gasteiger partial charge in [0.05, 0.1) is 13.2 Å². The molecule has 6 nitrogen and oxygen atoms in total. The Balaban J connectivity index is 2.16. The first-order valence-corrected chi connectivity index (χ1v) is 7.66. The molecule has 0 saturated carbocycles. The second kappa shape index (κ2) is 8.01. The van der Waals surface area contributed by atoms with Gasteiger partial charge in [-0.05, 0) is 56.3 Å². The lowest BCUT2D eigenvalue weighted by molar-refractivity contribution is 0.0998. The predicted molar refractivity (Wildman–Crippen MR) is 91.7 cm³/mol. The molecule has 0 fully saturated rings. The monoisotopic (exact) mass is 328 g/mol. The molecule has 0 aliphatic carbocycles. The van der Waals surface area contributed by atoms with Crippen molar-refractivity contribution in [3.8, 4) is 11.5 Å². The van der Waals surface area contributed by atoms with E-state index in [0.29, 0.717) is 41.5 Å². The predicted octanol–water partition coefficient (Wildman–Crippen LogP) is 2.84. The number of amides is 2. The number of hydrogen-bond acceptors (Lipinski definition) is 4. The highest BCUT2D eigenvalue weighted by molar-refractivity contribution is 6.05. The summed E-state index contributed by atoms with van der Waals surface area (Å²) in [5, 5.41) is 2.76. The van der Waals surface area contributed by atoms with Crippen LogP contribution in [-0.2, 0) is 0 Å². The number of ether oxygens (including phenoxy) is 2. The van der Waals surface area contributed by atoms with Gasteiger partial charge < -0.3 is 20.5 Å². The van der Waals surface area contributed by atoms with Gasteiger partial charge in [-0.1, -0.05) is 0 Å². The molecule has 0 spiro atoms. The molecule has 0 heterocycles. The molecule has 24 heavy (non-hydrogen) atoms. The molecule has 2 amide bonds. The van der Waals surface area contributed by atoms with Crippen molar-refractivity contribution in [2.75, 3.05) is 18.5 Å². The van der Waals surface area contributed by atoms with Crippen LogP contribution in [0.2, 0.25) is 0 Å². The summed E-state index contributed by atoms with van der Waals surface area (Å²) in [6.07, 6.45) is 0. The number of benzene rings is 2. The Morgan fingerprint density at radius 3 is 2.08 bits per heavy atom. The van der Waals surface area contributed by atoms with Crippen LogP contribution in [0.3, 0.4) is 0 Å². The number of anilines is 1. The van der Waals surface area contributed by atoms with Crippen LogP contribution in [-0.4, -0.2) is 25.0 Å². The third-order valence-corrected chi connectivity index (χ3v) is 3.23. The number of rotatable bonds is 7. The van der Waals surface area contributed by atoms with Crippen molar-refractivity contribution >= 4 is 17.5 Å². The van der Waals surface area contributed by atoms with E-state index in [0.717, 1.165) is 0 Å². The van der Waals surface area contributed by atoms with Gasteiger partial charge in [0, 0.05) is 16.8 Å². The van der Waals surface area contributed by atoms with Gasteiger partial charge in [0.15, 0.2) is 11.5 Å². The van der Waals surface area contributed by atoms with Crippen LogP contribution in [0.15, 0.2) is 42.5 Å². The fraction of sp³-hybridized carbons (Fsp3) is 0.222. The topological polar surface area (TPSA) is 90.6 Å². The highest BCUT2D eigenvalue weighted by Gasteiger charge is 2.12. The van der Waals surface area contributed by atoms with Gasteiger partial charge in [-0.25, -0.2) is 0 Å². The first-order chi connectivity index (χ1) is 11.5. The number of primary amides is 1. The maximum atomic E-state index is 12.4. The van der Waals surface area contributed by atoms with Crippen molar-refractivity contribution in [2.24, 2.45) is 5.73 Å². The normalized spacial score (nSPS) is 10.1. The molecule has 0 aromatic heterocycles. The van der Waals surface area contributed by atoms with E-state index in [2.05, 4.69) is 5.32 Å². The first-order valence-electron chi connectivity index (χ1n) is 7.66. The smallest absolute Gasteiger partial charge is 0.255 e. The van der Waals surface area contributed by atoms with E-state index in [1.807, 2.05) is 13.8 Å². The lowest BCUT2D eigenvalue weighted by Crippen LogP contribution is -2.13. The zero-order valence-corrected chi connectivity index (χ0v) is 13.7. The number of hydrogen-bond donors (Lipinski definition) is 2. The Kier molecular flexibility index (Phi) is 5.78. The van der Waals surface area contributed by atoms with Gasteiger partial charge in [-0.2, -0.15) is 0 Å². The Bertz CT molecular complexity index is 726. The maximum absolute atomic E-state index is 12.4. The van der Waals surface area contributed by atoms with E-state index >= 15 is 0 Å². The van der Waals surface area contributed by atoms with Crippen molar-refractivity contribution in [1.29, 1.82) is 0 Å². The van der Waals surface area contributed by atoms with Crippen LogP contribution in [0.4, 0.5) is 5.69 Å². The standard InChI is InChI=1S/C18H20N2O4/c1-3-23-15-10-7-13(11-16(15)24-4-2)18(22)20-14-8-5-12(6-9-14)17(19)21/h5-11H,3-4H2,1-2H3,(H2,19,21)(H,20,22). The quantitative estimate of drug-likeness (QED) is 0.817. The SMILES string of the molecule is CCOc1ccc(C(=O)Nc2ccc(C(N)=O)cc2)cc1OCC. The molecule has 126 valence electrons. The number of carbonyl (C=O) groups excluding carboxylic acids is 2. The summed E-state index contributed by atoms with van der Waals surface area (Å²) < 4.78 is 11.0. The summed E-state index contributed by atoms with van der Waals surface area (Å²) in [5.41, 5.74) is 6.58. The molecule has 0 aliphatic heterocycles. The van der Waals surface area contributed by atoms with Gasteiger partial charge in [0.2, 0.25) is 5.91 Å². The van der Waals surface area contributed by atoms with E-state index in [-0.39, 0.29) is 5.91 Å². The van der Waals surface area contributed by atoms with Crippen molar-refractivity contribution in [2.45, 2.75) is 13.8 Å². The Hall–Kier alpha value is -3.02. The summed E-state index contributed by atoms with van der Waals surface area (Å²) in [7, 11) is 0. The molecule has 2 aromatic carbocycles. The molecular weight excluding hydrogens is 308 g/mol. The average Bonchev–Trinajstić information content (AvgIpc) is 2.57. The average molecular weight is 328 g/mol. The molecular formula is C18H20N2O4. The Morgan fingerprint density at radius 1 is 0.917 bits per heavy atom. The highest BCUT2D eigenvalue weighted by Crippen LogP contribution is 2.28. The summed E-state index contributed by atoms with van der Waals surface area (Å²) in [4.78, 5) is 23.4. The summed E-state index contributed by atoms with van der Waals surface area (Å²) >= 11 is 0. The minimum absolute atomic E-state index is 0.286. The Morgan fingerprint density at radius 2 is 1.50 bits per heavy atom. The van der Waals surface area contributed by atoms with Crippen molar-refractivity contribution in [3.05, 3.63) is 53.6 Å². The third kappa shape index (κ3) is 4.25. The molecule has 0 saturated heterocycles. The van der Waals surface area contributed by atoms with E-state index < -0.39 is 5.91 Å². The molecule has 3 N–H and O–H groups in total. The van der Waals surface area contributed by atoms with Crippen LogP contribution in [0, 0.1) is 0 Å². The summed E-state index contributed by atoms with van der Waals surface area (Å²) in [5.74, 6) is 0.323. The largest absolute Gasteiger partial charge is 0.490 e. The summed E-state index contributed by atoms with van der Waals surface area (Å²) in [6.45, 7) is 4.73. The van der Waals surface area contributed by atoms with Gasteiger partial charge in [0.25, 0.3) is 5.91 Å². The minimum Gasteiger partial charge on any atom is -0.490 e. The number of carbonyl (C=O) groups is 2. The molecule has 6 heteroatoms. The van der Waals surface area contributed by atoms with E-state index in [9.17, 15) is 9.59 Å². The van der Waals surface area contributed by atoms with Crippen LogP contribution < -0.4 is 20.5 Å². The van der Waals surface area contributed by atoms with Crippen molar-refractivity contribution in [3.63, 3.8) is 0 Å². The molecule has 0 bridgehead atoms. The molecule has 0 aliphatic rings. The van der Waals surface area contributed by atoms with E-state index in [1.165, 1.54) is 0 Å². The van der Waals surface area contributed by atoms with Crippen LogP contribution in [0.25, 0.3) is 0 Å². The zero-order chi connectivity index (χ0) is 17.5. The zero-order valence-electron chi connectivity index (χ0n) is 13.7. The molecule has 0 unspecified atom stereocenters. The fourth-order valence-electron chi connectivity index (χ4n) is 2.11. The second-order valence-electron chi connectivity index (χ2n) is 4.92. The van der Waals surface area contributed by atoms with E-state index in [4.69, 9.17) is 15.2 Å². The molecule has 2 aromatic rings. The minimum atomic E-state index is -0.513. The van der Waals surface area contributed by atoms with Gasteiger partial charge in [-0.15, -0.1) is 0 Å². The van der Waals surface area contributed by atoms with Crippen LogP contribution >= 0.6 is 0 Å². The van der Waals surface area contributed by atoms with E-state index in [1.54, 1.807) is 42.5 Å². The molecule has 2 rings (SSSR count). The number of nitrogens with one attached hydrogen (secondary N) is 1. The Labute approximate surface area is 140 Å². The van der Waals surface area contributed by atoms with Crippen molar-refractivity contribution in [1.82, 2.24) is 0 Å². The lowest BCUT2D eigenvalue weighted by Gasteiger charge is -2.12. The fourth-order valence-corrected chi connectivity index (χ4v) is 2.11. The van der Waals surface area contributed by atoms with Gasteiger partial charge in [-0.3, -0.25) is 9.59 Å². The maximum Gasteiger partial charge on any atom is 0.255 e. The lowest BCUT2D eigenvalue weighted by atomic mass is 10.1. The van der Waals surface area contributed by atoms with Crippen LogP contribution in [0.1, 0.15) is 34.6 Å². The first kappa shape index (κ1) is 17.3. The molecule has 0 atom stereocenters. The number of nitrogens with two attached hydrogens (primary N) is 1. The second-order valence-corrected chi connectivity index (χ2v) is 4.92. The third-order valence-electron chi connectivity index (χ3n) is 3.23. The highest BCUT2D eigenvalue weighted by atomic mass is 16.5. The van der Waals surface area contributed by atoms with Gasteiger partial charge >= 0.3 is 0 Å². The summed E-state index contributed by atoms with van der Waals surface area (Å²) in [6, 6.07) is 11.4.